The van der Waals surface area contributed by atoms with Gasteiger partial charge in [0.25, 0.3) is 5.91 Å². The van der Waals surface area contributed by atoms with Gasteiger partial charge in [-0.3, -0.25) is 9.79 Å². The minimum atomic E-state index is -0.530. The summed E-state index contributed by atoms with van der Waals surface area (Å²) >= 11 is 0. The number of aromatic nitrogens is 1. The van der Waals surface area contributed by atoms with Crippen molar-refractivity contribution in [1.82, 2.24) is 9.47 Å². The zero-order valence-electron chi connectivity index (χ0n) is 22.1. The maximum atomic E-state index is 15.8. The predicted octanol–water partition coefficient (Wildman–Crippen LogP) is 4.81. The number of amides is 1. The molecule has 2 aromatic carbocycles. The Balaban J connectivity index is 1.52. The molecule has 1 saturated heterocycles. The van der Waals surface area contributed by atoms with Crippen LogP contribution in [0.1, 0.15) is 58.0 Å². The summed E-state index contributed by atoms with van der Waals surface area (Å²) in [5.41, 5.74) is 3.73. The summed E-state index contributed by atoms with van der Waals surface area (Å²) in [6.07, 6.45) is 7.17. The maximum Gasteiger partial charge on any atom is 0.339 e. The standard InChI is InChI=1S/C30H32FN5O3/c1-33-18-26(34-32)24-17-25(24)28-23(30(38)39-2)12-15-36(28)20-9-6-8-19(16-20)21-10-7-11-22(27(21)31)29(37)35-13-4-3-5-14-35/h6-12,15-16,18,24-25H,3-5,13-14,17,32H2,1-2H3/t24?,25-/m1/s1. The number of piperidine rings is 1. The Kier molecular flexibility index (Phi) is 7.58. The SMILES string of the molecule is CN=CC(=NN)C1C[C@H]1c1c(C(=O)OC)ccn1-c1cccc(-c2cccc(C(=O)N3CCCCC3)c2F)c1. The van der Waals surface area contributed by atoms with Crippen LogP contribution in [-0.2, 0) is 4.74 Å². The lowest BCUT2D eigenvalue weighted by Gasteiger charge is -2.27. The normalized spacial score (nSPS) is 19.4. The van der Waals surface area contributed by atoms with Crippen LogP contribution in [0.25, 0.3) is 16.8 Å². The number of ether oxygens (including phenoxy) is 1. The van der Waals surface area contributed by atoms with Crippen LogP contribution in [0.15, 0.2) is 64.8 Å². The molecule has 1 aliphatic heterocycles. The van der Waals surface area contributed by atoms with Crippen molar-refractivity contribution >= 4 is 23.8 Å². The molecule has 0 bridgehead atoms. The number of halogens is 1. The number of hydrogen-bond acceptors (Lipinski definition) is 6. The number of hydrogen-bond donors (Lipinski definition) is 1. The van der Waals surface area contributed by atoms with Crippen molar-refractivity contribution in [3.63, 3.8) is 0 Å². The Labute approximate surface area is 227 Å². The van der Waals surface area contributed by atoms with Gasteiger partial charge in [0.1, 0.15) is 5.82 Å². The first-order valence-electron chi connectivity index (χ1n) is 13.2. The van der Waals surface area contributed by atoms with Gasteiger partial charge >= 0.3 is 5.97 Å². The van der Waals surface area contributed by atoms with E-state index in [-0.39, 0.29) is 23.3 Å². The van der Waals surface area contributed by atoms with Gasteiger partial charge in [-0.2, -0.15) is 5.10 Å². The molecule has 3 aromatic rings. The zero-order valence-corrected chi connectivity index (χ0v) is 22.1. The maximum absolute atomic E-state index is 15.8. The van der Waals surface area contributed by atoms with Gasteiger partial charge in [-0.05, 0) is 55.5 Å². The minimum absolute atomic E-state index is 0.0136. The van der Waals surface area contributed by atoms with Crippen LogP contribution >= 0.6 is 0 Å². The second kappa shape index (κ2) is 11.2. The van der Waals surface area contributed by atoms with Crippen LogP contribution in [-0.4, -0.2) is 60.5 Å². The molecule has 2 aliphatic rings. The van der Waals surface area contributed by atoms with Gasteiger partial charge in [0.2, 0.25) is 0 Å². The molecule has 1 aromatic heterocycles. The highest BCUT2D eigenvalue weighted by Crippen LogP contribution is 2.50. The van der Waals surface area contributed by atoms with Crippen LogP contribution in [0.4, 0.5) is 4.39 Å². The summed E-state index contributed by atoms with van der Waals surface area (Å²) in [7, 11) is 3.01. The van der Waals surface area contributed by atoms with Gasteiger partial charge in [-0.1, -0.05) is 24.3 Å². The molecule has 5 rings (SSSR count). The van der Waals surface area contributed by atoms with Gasteiger partial charge in [0.15, 0.2) is 0 Å². The predicted molar refractivity (Wildman–Crippen MR) is 149 cm³/mol. The summed E-state index contributed by atoms with van der Waals surface area (Å²) in [5.74, 6) is 4.38. The van der Waals surface area contributed by atoms with Crippen LogP contribution in [0.3, 0.4) is 0 Å². The highest BCUT2D eigenvalue weighted by Gasteiger charge is 2.45. The molecule has 0 spiro atoms. The van der Waals surface area contributed by atoms with E-state index in [1.165, 1.54) is 7.11 Å². The fourth-order valence-corrected chi connectivity index (χ4v) is 5.52. The van der Waals surface area contributed by atoms with E-state index in [1.54, 1.807) is 42.4 Å². The van der Waals surface area contributed by atoms with Crippen molar-refractivity contribution in [2.45, 2.75) is 31.6 Å². The highest BCUT2D eigenvalue weighted by atomic mass is 19.1. The molecule has 1 saturated carbocycles. The number of benzene rings is 2. The van der Waals surface area contributed by atoms with Crippen LogP contribution in [0.5, 0.6) is 0 Å². The Bertz CT molecular complexity index is 1450. The third kappa shape index (κ3) is 5.08. The molecule has 1 unspecified atom stereocenters. The van der Waals surface area contributed by atoms with E-state index in [4.69, 9.17) is 10.6 Å². The smallest absolute Gasteiger partial charge is 0.339 e. The van der Waals surface area contributed by atoms with Crippen LogP contribution in [0, 0.1) is 11.7 Å². The molecule has 2 N–H and O–H groups in total. The summed E-state index contributed by atoms with van der Waals surface area (Å²) in [5, 5.41) is 3.89. The second-order valence-electron chi connectivity index (χ2n) is 9.94. The Morgan fingerprint density at radius 1 is 1.08 bits per heavy atom. The first-order chi connectivity index (χ1) is 19.0. The van der Waals surface area contributed by atoms with Crippen LogP contribution in [0.2, 0.25) is 0 Å². The molecule has 39 heavy (non-hydrogen) atoms. The van der Waals surface area contributed by atoms with E-state index in [1.807, 2.05) is 35.0 Å². The summed E-state index contributed by atoms with van der Waals surface area (Å²) < 4.78 is 22.7. The molecule has 2 fully saturated rings. The lowest BCUT2D eigenvalue weighted by Crippen LogP contribution is -2.36. The number of carbonyl (C=O) groups excluding carboxylic acids is 2. The topological polar surface area (TPSA) is 102 Å². The van der Waals surface area contributed by atoms with Gasteiger partial charge in [0.05, 0.1) is 23.9 Å². The lowest BCUT2D eigenvalue weighted by atomic mass is 10.00. The average molecular weight is 530 g/mol. The van der Waals surface area contributed by atoms with Crippen molar-refractivity contribution in [1.29, 1.82) is 0 Å². The number of carbonyl (C=O) groups is 2. The highest BCUT2D eigenvalue weighted by molar-refractivity contribution is 6.32. The third-order valence-corrected chi connectivity index (χ3v) is 7.57. The minimum Gasteiger partial charge on any atom is -0.465 e. The first kappa shape index (κ1) is 26.3. The number of rotatable bonds is 7. The fourth-order valence-electron chi connectivity index (χ4n) is 5.52. The van der Waals surface area contributed by atoms with Crippen molar-refractivity contribution in [2.75, 3.05) is 27.2 Å². The molecule has 9 heteroatoms. The zero-order chi connectivity index (χ0) is 27.5. The molecular formula is C30H32FN5O3. The average Bonchev–Trinajstić information content (AvgIpc) is 3.64. The molecule has 1 amide bonds. The van der Waals surface area contributed by atoms with Crippen molar-refractivity contribution in [3.05, 3.63) is 77.4 Å². The Morgan fingerprint density at radius 3 is 2.56 bits per heavy atom. The van der Waals surface area contributed by atoms with Crippen molar-refractivity contribution in [2.24, 2.45) is 21.9 Å². The number of methoxy groups -OCH3 is 1. The molecule has 0 radical (unpaired) electrons. The van der Waals surface area contributed by atoms with E-state index in [9.17, 15) is 9.59 Å². The Morgan fingerprint density at radius 2 is 1.85 bits per heavy atom. The van der Waals surface area contributed by atoms with E-state index >= 15 is 4.39 Å². The number of esters is 1. The Hall–Kier alpha value is -4.27. The number of nitrogens with two attached hydrogens (primary N) is 1. The van der Waals surface area contributed by atoms with Gasteiger partial charge in [-0.25, -0.2) is 9.18 Å². The fraction of sp³-hybridized carbons (Fsp3) is 0.333. The van der Waals surface area contributed by atoms with E-state index in [0.29, 0.717) is 35.5 Å². The van der Waals surface area contributed by atoms with Crippen molar-refractivity contribution < 1.29 is 18.7 Å². The van der Waals surface area contributed by atoms with Gasteiger partial charge in [-0.15, -0.1) is 0 Å². The number of nitrogens with zero attached hydrogens (tertiary/aromatic N) is 4. The van der Waals surface area contributed by atoms with Gasteiger partial charge < -0.3 is 20.0 Å². The molecule has 1 aliphatic carbocycles. The molecule has 202 valence electrons. The number of likely N-dealkylation sites (tertiary alicyclic amines) is 1. The largest absolute Gasteiger partial charge is 0.465 e. The molecular weight excluding hydrogens is 497 g/mol. The van der Waals surface area contributed by atoms with E-state index in [0.717, 1.165) is 37.1 Å². The monoisotopic (exact) mass is 529 g/mol. The molecule has 8 nitrogen and oxygen atoms in total. The van der Waals surface area contributed by atoms with E-state index in [2.05, 4.69) is 10.1 Å². The molecule has 2 atom stereocenters. The summed E-state index contributed by atoms with van der Waals surface area (Å²) in [6, 6.07) is 14.1. The van der Waals surface area contributed by atoms with Crippen molar-refractivity contribution in [3.8, 4) is 16.8 Å². The lowest BCUT2D eigenvalue weighted by molar-refractivity contribution is 0.0599. The third-order valence-electron chi connectivity index (χ3n) is 7.57. The molecule has 2 heterocycles. The summed E-state index contributed by atoms with van der Waals surface area (Å²) in [6.45, 7) is 1.31. The summed E-state index contributed by atoms with van der Waals surface area (Å²) in [4.78, 5) is 31.5. The quantitative estimate of drug-likeness (QED) is 0.205. The number of aliphatic imine (C=N–C) groups is 1. The van der Waals surface area contributed by atoms with E-state index < -0.39 is 11.8 Å². The number of hydrazone groups is 1. The van der Waals surface area contributed by atoms with Gasteiger partial charge in [0, 0.05) is 61.3 Å². The first-order valence-corrected chi connectivity index (χ1v) is 13.2. The van der Waals surface area contributed by atoms with Crippen LogP contribution < -0.4 is 5.84 Å². The second-order valence-corrected chi connectivity index (χ2v) is 9.94.